The molecule has 0 unspecified atom stereocenters. The molecule has 0 spiro atoms. The Kier molecular flexibility index (Phi) is 4.09. The molecule has 0 atom stereocenters. The number of hydrogen-bond acceptors (Lipinski definition) is 4. The van der Waals surface area contributed by atoms with Crippen molar-refractivity contribution in [3.8, 4) is 0 Å². The van der Waals surface area contributed by atoms with Crippen LogP contribution in [0.15, 0.2) is 28.9 Å². The third kappa shape index (κ3) is 2.82. The van der Waals surface area contributed by atoms with Crippen LogP contribution in [0.25, 0.3) is 11.6 Å². The molecule has 0 saturated carbocycles. The molecule has 2 aromatic rings. The van der Waals surface area contributed by atoms with Gasteiger partial charge in [-0.2, -0.15) is 0 Å². The molecule has 0 bridgehead atoms. The third-order valence-electron chi connectivity index (χ3n) is 3.84. The minimum Gasteiger partial charge on any atom is -0.465 e. The Hall–Kier alpha value is -2.36. The predicted molar refractivity (Wildman–Crippen MR) is 84.4 cm³/mol. The van der Waals surface area contributed by atoms with Crippen LogP contribution in [0.4, 0.5) is 0 Å². The van der Waals surface area contributed by atoms with E-state index < -0.39 is 0 Å². The van der Waals surface area contributed by atoms with E-state index in [0.717, 1.165) is 41.9 Å². The Balaban J connectivity index is 2.01. The fourth-order valence-electron chi connectivity index (χ4n) is 2.80. The van der Waals surface area contributed by atoms with E-state index >= 15 is 0 Å². The van der Waals surface area contributed by atoms with Gasteiger partial charge in [-0.05, 0) is 68.5 Å². The summed E-state index contributed by atoms with van der Waals surface area (Å²) in [6.07, 6.45) is 6.66. The van der Waals surface area contributed by atoms with E-state index in [9.17, 15) is 4.79 Å². The number of pyridine rings is 1. The molecule has 2 aromatic heterocycles. The summed E-state index contributed by atoms with van der Waals surface area (Å²) in [7, 11) is 0. The molecule has 22 heavy (non-hydrogen) atoms. The standard InChI is InChI=1S/C18H19NO3/c1-3-21-18(20)16-11-14-7-4-6-13(17(14)19-12(16)2)10-15-8-5-9-22-15/h5,8-11H,3-4,6-7H2,1-2H3/b13-10-. The van der Waals surface area contributed by atoms with E-state index in [4.69, 9.17) is 9.15 Å². The van der Waals surface area contributed by atoms with E-state index in [2.05, 4.69) is 4.98 Å². The lowest BCUT2D eigenvalue weighted by atomic mass is 9.89. The summed E-state index contributed by atoms with van der Waals surface area (Å²) < 4.78 is 10.5. The molecule has 0 fully saturated rings. The molecule has 1 aliphatic rings. The normalized spacial score (nSPS) is 15.6. The first kappa shape index (κ1) is 14.6. The molecule has 0 N–H and O–H groups in total. The van der Waals surface area contributed by atoms with Gasteiger partial charge in [0.25, 0.3) is 0 Å². The maximum Gasteiger partial charge on any atom is 0.339 e. The highest BCUT2D eigenvalue weighted by atomic mass is 16.5. The van der Waals surface area contributed by atoms with Crippen molar-refractivity contribution in [1.29, 1.82) is 0 Å². The average molecular weight is 297 g/mol. The van der Waals surface area contributed by atoms with Crippen LogP contribution in [-0.4, -0.2) is 17.6 Å². The Morgan fingerprint density at radius 2 is 2.32 bits per heavy atom. The molecule has 0 saturated heterocycles. The second-order valence-corrected chi connectivity index (χ2v) is 5.39. The zero-order valence-electron chi connectivity index (χ0n) is 12.9. The number of esters is 1. The largest absolute Gasteiger partial charge is 0.465 e. The zero-order valence-corrected chi connectivity index (χ0v) is 12.9. The summed E-state index contributed by atoms with van der Waals surface area (Å²) in [5.41, 5.74) is 4.53. The molecule has 0 amide bonds. The first-order chi connectivity index (χ1) is 10.7. The summed E-state index contributed by atoms with van der Waals surface area (Å²) in [5.74, 6) is 0.536. The number of fused-ring (bicyclic) bond motifs is 1. The molecule has 3 rings (SSSR count). The van der Waals surface area contributed by atoms with Gasteiger partial charge in [0.1, 0.15) is 5.76 Å². The topological polar surface area (TPSA) is 52.3 Å². The highest BCUT2D eigenvalue weighted by molar-refractivity contribution is 5.92. The molecular formula is C18H19NO3. The quantitative estimate of drug-likeness (QED) is 0.802. The van der Waals surface area contributed by atoms with Gasteiger partial charge in [0, 0.05) is 0 Å². The summed E-state index contributed by atoms with van der Waals surface area (Å²) in [5, 5.41) is 0. The van der Waals surface area contributed by atoms with Crippen molar-refractivity contribution in [2.24, 2.45) is 0 Å². The van der Waals surface area contributed by atoms with E-state index in [1.165, 1.54) is 0 Å². The van der Waals surface area contributed by atoms with Crippen LogP contribution in [0.2, 0.25) is 0 Å². The van der Waals surface area contributed by atoms with Gasteiger partial charge in [-0.1, -0.05) is 0 Å². The van der Waals surface area contributed by atoms with Gasteiger partial charge in [0.2, 0.25) is 0 Å². The second kappa shape index (κ2) is 6.18. The Bertz CT molecular complexity index is 714. The maximum atomic E-state index is 12.0. The van der Waals surface area contributed by atoms with Gasteiger partial charge in [-0.15, -0.1) is 0 Å². The summed E-state index contributed by atoms with van der Waals surface area (Å²) in [4.78, 5) is 16.7. The van der Waals surface area contributed by atoms with Crippen molar-refractivity contribution < 1.29 is 13.9 Å². The van der Waals surface area contributed by atoms with Crippen molar-refractivity contribution in [2.45, 2.75) is 33.1 Å². The number of carbonyl (C=O) groups excluding carboxylic acids is 1. The van der Waals surface area contributed by atoms with E-state index in [1.54, 1.807) is 6.26 Å². The molecule has 4 heteroatoms. The van der Waals surface area contributed by atoms with Gasteiger partial charge in [0.05, 0.1) is 29.8 Å². The number of nitrogens with zero attached hydrogens (tertiary/aromatic N) is 1. The van der Waals surface area contributed by atoms with Crippen molar-refractivity contribution in [3.63, 3.8) is 0 Å². The average Bonchev–Trinajstić information content (AvgIpc) is 3.00. The molecule has 4 nitrogen and oxygen atoms in total. The number of ether oxygens (including phenoxy) is 1. The third-order valence-corrected chi connectivity index (χ3v) is 3.84. The van der Waals surface area contributed by atoms with Gasteiger partial charge >= 0.3 is 5.97 Å². The molecule has 1 aliphatic carbocycles. The summed E-state index contributed by atoms with van der Waals surface area (Å²) in [6.45, 7) is 4.04. The molecule has 114 valence electrons. The van der Waals surface area contributed by atoms with Crippen molar-refractivity contribution in [3.05, 3.63) is 52.7 Å². The maximum absolute atomic E-state index is 12.0. The van der Waals surface area contributed by atoms with Crippen LogP contribution in [-0.2, 0) is 11.2 Å². The Morgan fingerprint density at radius 1 is 1.45 bits per heavy atom. The van der Waals surface area contributed by atoms with Crippen molar-refractivity contribution in [2.75, 3.05) is 6.61 Å². The smallest absolute Gasteiger partial charge is 0.339 e. The number of rotatable bonds is 3. The summed E-state index contributed by atoms with van der Waals surface area (Å²) >= 11 is 0. The number of hydrogen-bond donors (Lipinski definition) is 0. The van der Waals surface area contributed by atoms with Crippen LogP contribution in [0, 0.1) is 6.92 Å². The van der Waals surface area contributed by atoms with E-state index in [0.29, 0.717) is 17.9 Å². The summed E-state index contributed by atoms with van der Waals surface area (Å²) in [6, 6.07) is 5.74. The molecular weight excluding hydrogens is 278 g/mol. The van der Waals surface area contributed by atoms with E-state index in [1.807, 2.05) is 38.1 Å². The lowest BCUT2D eigenvalue weighted by molar-refractivity contribution is 0.0525. The van der Waals surface area contributed by atoms with Crippen molar-refractivity contribution in [1.82, 2.24) is 4.98 Å². The first-order valence-corrected chi connectivity index (χ1v) is 7.61. The van der Waals surface area contributed by atoms with Gasteiger partial charge < -0.3 is 9.15 Å². The van der Waals surface area contributed by atoms with Gasteiger partial charge in [-0.3, -0.25) is 4.98 Å². The highest BCUT2D eigenvalue weighted by Gasteiger charge is 2.21. The van der Waals surface area contributed by atoms with Gasteiger partial charge in [-0.25, -0.2) is 4.79 Å². The van der Waals surface area contributed by atoms with Crippen LogP contribution < -0.4 is 0 Å². The van der Waals surface area contributed by atoms with Crippen molar-refractivity contribution >= 4 is 17.6 Å². The number of furan rings is 1. The second-order valence-electron chi connectivity index (χ2n) is 5.39. The predicted octanol–water partition coefficient (Wildman–Crippen LogP) is 4.04. The Labute approximate surface area is 129 Å². The minimum absolute atomic E-state index is 0.294. The molecule has 0 radical (unpaired) electrons. The fourth-order valence-corrected chi connectivity index (χ4v) is 2.80. The van der Waals surface area contributed by atoms with Gasteiger partial charge in [0.15, 0.2) is 0 Å². The minimum atomic E-state index is -0.294. The lowest BCUT2D eigenvalue weighted by Crippen LogP contribution is -2.13. The zero-order chi connectivity index (χ0) is 15.5. The highest BCUT2D eigenvalue weighted by Crippen LogP contribution is 2.32. The molecule has 0 aromatic carbocycles. The molecule has 0 aliphatic heterocycles. The van der Waals surface area contributed by atoms with Crippen LogP contribution >= 0.6 is 0 Å². The van der Waals surface area contributed by atoms with Crippen LogP contribution in [0.1, 0.15) is 52.8 Å². The number of aromatic nitrogens is 1. The number of carbonyl (C=O) groups is 1. The number of aryl methyl sites for hydroxylation is 2. The van der Waals surface area contributed by atoms with Crippen LogP contribution in [0.3, 0.4) is 0 Å². The van der Waals surface area contributed by atoms with E-state index in [-0.39, 0.29) is 5.97 Å². The first-order valence-electron chi connectivity index (χ1n) is 7.61. The SMILES string of the molecule is CCOC(=O)c1cc2c(nc1C)/C(=C\c1ccco1)CCC2. The van der Waals surface area contributed by atoms with Crippen LogP contribution in [0.5, 0.6) is 0 Å². The monoisotopic (exact) mass is 297 g/mol. The number of allylic oxidation sites excluding steroid dienone is 1. The fraction of sp³-hybridized carbons (Fsp3) is 0.333. The Morgan fingerprint density at radius 3 is 3.05 bits per heavy atom. The molecule has 2 heterocycles. The lowest BCUT2D eigenvalue weighted by Gasteiger charge is -2.20.